The van der Waals surface area contributed by atoms with Crippen molar-refractivity contribution >= 4 is 0 Å². The molecule has 2 aromatic rings. The van der Waals surface area contributed by atoms with Gasteiger partial charge >= 0.3 is 0 Å². The summed E-state index contributed by atoms with van der Waals surface area (Å²) < 4.78 is 26.7. The van der Waals surface area contributed by atoms with Gasteiger partial charge in [-0.1, -0.05) is 23.8 Å². The lowest BCUT2D eigenvalue weighted by Gasteiger charge is -2.15. The van der Waals surface area contributed by atoms with Crippen molar-refractivity contribution < 1.29 is 8.78 Å². The van der Waals surface area contributed by atoms with Crippen molar-refractivity contribution in [1.29, 1.82) is 0 Å². The van der Waals surface area contributed by atoms with Crippen LogP contribution in [0.1, 0.15) is 22.3 Å². The molecular weight excluding hydrogens is 256 g/mol. The molecule has 2 rings (SSSR count). The second kappa shape index (κ2) is 6.14. The normalized spacial score (nSPS) is 12.4. The van der Waals surface area contributed by atoms with Gasteiger partial charge in [0.2, 0.25) is 0 Å². The van der Waals surface area contributed by atoms with E-state index in [1.807, 2.05) is 13.8 Å². The standard InChI is InChI=1S/C17H19F2N/c1-11-3-4-12(2)13(7-11)9-16(20)10-14-8-15(18)5-6-17(14)19/h3-8,16H,9-10,20H2,1-2H3. The number of halogens is 2. The van der Waals surface area contributed by atoms with E-state index in [9.17, 15) is 8.78 Å². The molecule has 3 heteroatoms. The van der Waals surface area contributed by atoms with Crippen LogP contribution >= 0.6 is 0 Å². The van der Waals surface area contributed by atoms with Crippen LogP contribution in [0, 0.1) is 25.5 Å². The lowest BCUT2D eigenvalue weighted by Crippen LogP contribution is -2.26. The smallest absolute Gasteiger partial charge is 0.126 e. The highest BCUT2D eigenvalue weighted by atomic mass is 19.1. The SMILES string of the molecule is Cc1ccc(C)c(CC(N)Cc2cc(F)ccc2F)c1. The number of aryl methyl sites for hydroxylation is 2. The minimum absolute atomic E-state index is 0.230. The number of benzene rings is 2. The second-order valence-electron chi connectivity index (χ2n) is 5.33. The maximum atomic E-state index is 13.6. The van der Waals surface area contributed by atoms with Crippen molar-refractivity contribution in [3.05, 3.63) is 70.3 Å². The molecule has 0 aliphatic rings. The summed E-state index contributed by atoms with van der Waals surface area (Å²) in [5, 5.41) is 0. The zero-order chi connectivity index (χ0) is 14.7. The summed E-state index contributed by atoms with van der Waals surface area (Å²) in [5.74, 6) is -0.830. The monoisotopic (exact) mass is 275 g/mol. The molecule has 2 aromatic carbocycles. The Hall–Kier alpha value is -1.74. The van der Waals surface area contributed by atoms with Gasteiger partial charge < -0.3 is 5.73 Å². The quantitative estimate of drug-likeness (QED) is 0.904. The molecule has 2 N–H and O–H groups in total. The van der Waals surface area contributed by atoms with Gasteiger partial charge in [-0.2, -0.15) is 0 Å². The fourth-order valence-corrected chi connectivity index (χ4v) is 2.36. The Morgan fingerprint density at radius 2 is 1.65 bits per heavy atom. The number of rotatable bonds is 4. The third kappa shape index (κ3) is 3.64. The molecule has 1 nitrogen and oxygen atoms in total. The van der Waals surface area contributed by atoms with Crippen LogP contribution < -0.4 is 5.73 Å². The molecule has 20 heavy (non-hydrogen) atoms. The van der Waals surface area contributed by atoms with Crippen LogP contribution in [0.25, 0.3) is 0 Å². The largest absolute Gasteiger partial charge is 0.327 e. The molecule has 106 valence electrons. The van der Waals surface area contributed by atoms with Crippen molar-refractivity contribution in [1.82, 2.24) is 0 Å². The Morgan fingerprint density at radius 1 is 0.950 bits per heavy atom. The van der Waals surface area contributed by atoms with Gasteiger partial charge in [-0.25, -0.2) is 8.78 Å². The molecule has 1 atom stereocenters. The van der Waals surface area contributed by atoms with Crippen LogP contribution in [0.15, 0.2) is 36.4 Å². The topological polar surface area (TPSA) is 26.0 Å². The summed E-state index contributed by atoms with van der Waals surface area (Å²) in [6.45, 7) is 4.06. The zero-order valence-corrected chi connectivity index (χ0v) is 11.8. The maximum Gasteiger partial charge on any atom is 0.126 e. The maximum absolute atomic E-state index is 13.6. The van der Waals surface area contributed by atoms with Crippen LogP contribution in [-0.2, 0) is 12.8 Å². The van der Waals surface area contributed by atoms with E-state index in [1.165, 1.54) is 17.2 Å². The molecule has 0 aromatic heterocycles. The van der Waals surface area contributed by atoms with Gasteiger partial charge in [-0.15, -0.1) is 0 Å². The van der Waals surface area contributed by atoms with Gasteiger partial charge in [0.1, 0.15) is 11.6 Å². The molecule has 0 saturated heterocycles. The minimum Gasteiger partial charge on any atom is -0.327 e. The van der Waals surface area contributed by atoms with E-state index < -0.39 is 11.6 Å². The van der Waals surface area contributed by atoms with E-state index >= 15 is 0 Å². The highest BCUT2D eigenvalue weighted by molar-refractivity contribution is 5.31. The van der Waals surface area contributed by atoms with E-state index in [0.29, 0.717) is 18.4 Å². The van der Waals surface area contributed by atoms with Crippen LogP contribution in [0.2, 0.25) is 0 Å². The first-order valence-corrected chi connectivity index (χ1v) is 6.71. The average Bonchev–Trinajstić information content (AvgIpc) is 2.38. The molecule has 0 bridgehead atoms. The van der Waals surface area contributed by atoms with E-state index in [2.05, 4.69) is 18.2 Å². The van der Waals surface area contributed by atoms with Crippen molar-refractivity contribution in [3.8, 4) is 0 Å². The van der Waals surface area contributed by atoms with E-state index in [4.69, 9.17) is 5.73 Å². The predicted octanol–water partition coefficient (Wildman–Crippen LogP) is 3.69. The average molecular weight is 275 g/mol. The predicted molar refractivity (Wildman–Crippen MR) is 77.7 cm³/mol. The Bertz CT molecular complexity index is 554. The molecular formula is C17H19F2N. The summed E-state index contributed by atoms with van der Waals surface area (Å²) in [4.78, 5) is 0. The second-order valence-corrected chi connectivity index (χ2v) is 5.33. The number of hydrogen-bond acceptors (Lipinski definition) is 1. The summed E-state index contributed by atoms with van der Waals surface area (Å²) in [7, 11) is 0. The summed E-state index contributed by atoms with van der Waals surface area (Å²) in [6.07, 6.45) is 0.987. The van der Waals surface area contributed by atoms with Gasteiger partial charge in [-0.05, 0) is 61.6 Å². The van der Waals surface area contributed by atoms with Crippen molar-refractivity contribution in [3.63, 3.8) is 0 Å². The molecule has 0 heterocycles. The van der Waals surface area contributed by atoms with Crippen LogP contribution in [0.4, 0.5) is 8.78 Å². The number of hydrogen-bond donors (Lipinski definition) is 1. The van der Waals surface area contributed by atoms with Gasteiger partial charge in [0, 0.05) is 6.04 Å². The Labute approximate surface area is 118 Å². The lowest BCUT2D eigenvalue weighted by atomic mass is 9.95. The van der Waals surface area contributed by atoms with E-state index in [1.54, 1.807) is 0 Å². The van der Waals surface area contributed by atoms with Crippen molar-refractivity contribution in [2.45, 2.75) is 32.7 Å². The lowest BCUT2D eigenvalue weighted by molar-refractivity contribution is 0.566. The van der Waals surface area contributed by atoms with Crippen molar-refractivity contribution in [2.75, 3.05) is 0 Å². The Morgan fingerprint density at radius 3 is 2.40 bits per heavy atom. The van der Waals surface area contributed by atoms with E-state index in [0.717, 1.165) is 17.7 Å². The highest BCUT2D eigenvalue weighted by Crippen LogP contribution is 2.16. The summed E-state index contributed by atoms with van der Waals surface area (Å²) in [6, 6.07) is 9.46. The molecule has 1 unspecified atom stereocenters. The number of nitrogens with two attached hydrogens (primary N) is 1. The van der Waals surface area contributed by atoms with Gasteiger partial charge in [0.25, 0.3) is 0 Å². The van der Waals surface area contributed by atoms with Gasteiger partial charge in [0.05, 0.1) is 0 Å². The Kier molecular flexibility index (Phi) is 4.50. The highest BCUT2D eigenvalue weighted by Gasteiger charge is 2.11. The summed E-state index contributed by atoms with van der Waals surface area (Å²) in [5.41, 5.74) is 9.93. The third-order valence-corrected chi connectivity index (χ3v) is 3.48. The Balaban J connectivity index is 2.10. The molecule has 0 saturated carbocycles. The zero-order valence-electron chi connectivity index (χ0n) is 11.8. The van der Waals surface area contributed by atoms with Gasteiger partial charge in [-0.3, -0.25) is 0 Å². The fraction of sp³-hybridized carbons (Fsp3) is 0.294. The molecule has 0 aliphatic carbocycles. The van der Waals surface area contributed by atoms with Gasteiger partial charge in [0.15, 0.2) is 0 Å². The minimum atomic E-state index is -0.430. The van der Waals surface area contributed by atoms with Crippen LogP contribution in [-0.4, -0.2) is 6.04 Å². The molecule has 0 spiro atoms. The first kappa shape index (κ1) is 14.7. The van der Waals surface area contributed by atoms with E-state index in [-0.39, 0.29) is 6.04 Å². The first-order valence-electron chi connectivity index (χ1n) is 6.71. The molecule has 0 amide bonds. The molecule has 0 radical (unpaired) electrons. The molecule has 0 aliphatic heterocycles. The van der Waals surface area contributed by atoms with Crippen LogP contribution in [0.5, 0.6) is 0 Å². The first-order chi connectivity index (χ1) is 9.45. The fourth-order valence-electron chi connectivity index (χ4n) is 2.36. The van der Waals surface area contributed by atoms with Crippen LogP contribution in [0.3, 0.4) is 0 Å². The summed E-state index contributed by atoms with van der Waals surface area (Å²) >= 11 is 0. The van der Waals surface area contributed by atoms with Crippen molar-refractivity contribution in [2.24, 2.45) is 5.73 Å². The molecule has 0 fully saturated rings. The third-order valence-electron chi connectivity index (χ3n) is 3.48.